The molecule has 12 heteroatoms. The number of hydrogen-bond donors (Lipinski definition) is 2. The van der Waals surface area contributed by atoms with Gasteiger partial charge in [0.2, 0.25) is 0 Å². The minimum absolute atomic E-state index is 0.0324. The zero-order valence-electron chi connectivity index (χ0n) is 22.5. The van der Waals surface area contributed by atoms with E-state index in [1.165, 1.54) is 12.8 Å². The van der Waals surface area contributed by atoms with Crippen LogP contribution in [0.3, 0.4) is 0 Å². The number of nitrogens with two attached hydrogens (primary N) is 1. The van der Waals surface area contributed by atoms with Crippen LogP contribution >= 0.6 is 11.9 Å². The number of nitrogens with one attached hydrogen (secondary N) is 1. The molecule has 0 radical (unpaired) electrons. The van der Waals surface area contributed by atoms with Gasteiger partial charge in [0.25, 0.3) is 0 Å². The van der Waals surface area contributed by atoms with Gasteiger partial charge in [-0.05, 0) is 0 Å². The van der Waals surface area contributed by atoms with Crippen molar-refractivity contribution < 1.29 is 13.5 Å². The standard InChI is InChI=1S/C27H37F2N7OSSe/c1-16-23(30)27(15-37-16)8-10-35(11-9-27)21-13-18(38-34-26(2)6-7-26)12-20-19(14-39-25(24(28)29)32-31-3)22(17-4-5-17)33-36(20)21/h12-13,16-17,23-24,34H,3-11,14-15,30H2,1-2H3/b32-25-/t16-,23+/m1/s1. The molecule has 4 heterocycles. The molecule has 2 aromatic rings. The first kappa shape index (κ1) is 27.6. The fourth-order valence-electron chi connectivity index (χ4n) is 5.76. The number of anilines is 1. The molecule has 0 bridgehead atoms. The van der Waals surface area contributed by atoms with Gasteiger partial charge in [-0.15, -0.1) is 0 Å². The normalized spacial score (nSPS) is 26.2. The molecule has 1 spiro atoms. The third-order valence-corrected chi connectivity index (χ3v) is 12.0. The summed E-state index contributed by atoms with van der Waals surface area (Å²) in [6.45, 7) is 10.1. The van der Waals surface area contributed by atoms with Crippen LogP contribution in [0.25, 0.3) is 5.52 Å². The Morgan fingerprint density at radius 3 is 2.64 bits per heavy atom. The van der Waals surface area contributed by atoms with Crippen molar-refractivity contribution >= 4 is 49.6 Å². The third kappa shape index (κ3) is 5.53. The number of alkyl halides is 2. The van der Waals surface area contributed by atoms with E-state index in [0.29, 0.717) is 11.2 Å². The summed E-state index contributed by atoms with van der Waals surface area (Å²) in [5, 5.41) is 12.7. The Bertz CT molecular complexity index is 1270. The van der Waals surface area contributed by atoms with Crippen LogP contribution in [0.5, 0.6) is 0 Å². The quantitative estimate of drug-likeness (QED) is 0.179. The van der Waals surface area contributed by atoms with E-state index >= 15 is 0 Å². The van der Waals surface area contributed by atoms with Gasteiger partial charge in [-0.2, -0.15) is 0 Å². The molecule has 2 aliphatic heterocycles. The number of fused-ring (bicyclic) bond motifs is 1. The summed E-state index contributed by atoms with van der Waals surface area (Å²) in [5.41, 5.74) is 9.94. The van der Waals surface area contributed by atoms with Crippen molar-refractivity contribution in [2.45, 2.75) is 92.6 Å². The Kier molecular flexibility index (Phi) is 7.56. The number of piperidine rings is 1. The molecule has 0 unspecified atom stereocenters. The van der Waals surface area contributed by atoms with Crippen LogP contribution in [0.1, 0.15) is 69.5 Å². The van der Waals surface area contributed by atoms with Crippen LogP contribution in [0.2, 0.25) is 0 Å². The Morgan fingerprint density at radius 1 is 1.31 bits per heavy atom. The van der Waals surface area contributed by atoms with Gasteiger partial charge in [0.05, 0.1) is 0 Å². The molecule has 2 atom stereocenters. The summed E-state index contributed by atoms with van der Waals surface area (Å²) in [6, 6.07) is 4.46. The van der Waals surface area contributed by atoms with Crippen molar-refractivity contribution in [1.29, 1.82) is 0 Å². The number of ether oxygens (including phenoxy) is 1. The van der Waals surface area contributed by atoms with E-state index in [4.69, 9.17) is 15.6 Å². The van der Waals surface area contributed by atoms with E-state index in [9.17, 15) is 8.78 Å². The van der Waals surface area contributed by atoms with Gasteiger partial charge in [0.15, 0.2) is 0 Å². The molecule has 4 aliphatic rings. The number of hydrogen-bond acceptors (Lipinski definition) is 8. The summed E-state index contributed by atoms with van der Waals surface area (Å²) in [6.07, 6.45) is 3.94. The summed E-state index contributed by atoms with van der Waals surface area (Å²) >= 11 is 1.12. The molecule has 0 amide bonds. The van der Waals surface area contributed by atoms with E-state index < -0.39 is 21.4 Å². The van der Waals surface area contributed by atoms with Crippen molar-refractivity contribution in [2.24, 2.45) is 21.4 Å². The first-order valence-electron chi connectivity index (χ1n) is 13.8. The average Bonchev–Trinajstić information content (AvgIpc) is 3.85. The second-order valence-corrected chi connectivity index (χ2v) is 14.8. The maximum atomic E-state index is 13.6. The van der Waals surface area contributed by atoms with E-state index in [-0.39, 0.29) is 27.7 Å². The summed E-state index contributed by atoms with van der Waals surface area (Å²) in [5.74, 6) is 1.46. The van der Waals surface area contributed by atoms with Crippen molar-refractivity contribution in [1.82, 2.24) is 14.3 Å². The second-order valence-electron chi connectivity index (χ2n) is 11.8. The molecule has 2 aromatic heterocycles. The van der Waals surface area contributed by atoms with Crippen LogP contribution in [-0.4, -0.2) is 79.7 Å². The molecule has 39 heavy (non-hydrogen) atoms. The monoisotopic (exact) mass is 625 g/mol. The summed E-state index contributed by atoms with van der Waals surface area (Å²) in [7, 11) is 0. The van der Waals surface area contributed by atoms with E-state index in [1.807, 2.05) is 0 Å². The number of pyridine rings is 1. The summed E-state index contributed by atoms with van der Waals surface area (Å²) < 4.78 is 38.7. The topological polar surface area (TPSA) is 92.5 Å². The number of halogens is 2. The summed E-state index contributed by atoms with van der Waals surface area (Å²) in [4.78, 5) is 3.54. The molecule has 8 nitrogen and oxygen atoms in total. The average molecular weight is 625 g/mol. The van der Waals surface area contributed by atoms with Gasteiger partial charge in [0, 0.05) is 0 Å². The van der Waals surface area contributed by atoms with Crippen LogP contribution in [0.4, 0.5) is 14.6 Å². The predicted molar refractivity (Wildman–Crippen MR) is 154 cm³/mol. The van der Waals surface area contributed by atoms with Crippen molar-refractivity contribution in [2.75, 3.05) is 24.6 Å². The Morgan fingerprint density at radius 2 is 2.05 bits per heavy atom. The third-order valence-electron chi connectivity index (χ3n) is 8.85. The molecule has 4 fully saturated rings. The van der Waals surface area contributed by atoms with Gasteiger partial charge >= 0.3 is 239 Å². The molecule has 3 N–H and O–H groups in total. The van der Waals surface area contributed by atoms with Gasteiger partial charge < -0.3 is 0 Å². The van der Waals surface area contributed by atoms with Gasteiger partial charge in [-0.3, -0.25) is 0 Å². The molecule has 2 saturated carbocycles. The van der Waals surface area contributed by atoms with E-state index in [2.05, 4.69) is 57.0 Å². The Hall–Kier alpha value is -1.56. The van der Waals surface area contributed by atoms with E-state index in [1.54, 1.807) is 11.9 Å². The predicted octanol–water partition coefficient (Wildman–Crippen LogP) is 4.18. The van der Waals surface area contributed by atoms with Gasteiger partial charge in [-0.25, -0.2) is 0 Å². The fraction of sp³-hybridized carbons (Fsp3) is 0.667. The first-order valence-corrected chi connectivity index (χ1v) is 16.7. The van der Waals surface area contributed by atoms with Crippen LogP contribution in [-0.2, 0) is 10.1 Å². The van der Waals surface area contributed by atoms with Crippen LogP contribution < -0.4 is 15.4 Å². The van der Waals surface area contributed by atoms with Crippen LogP contribution in [0.15, 0.2) is 27.2 Å². The number of nitrogens with zero attached hydrogens (tertiary/aromatic N) is 5. The molecule has 6 rings (SSSR count). The Labute approximate surface area is 238 Å². The number of aromatic nitrogens is 2. The van der Waals surface area contributed by atoms with Gasteiger partial charge in [0.1, 0.15) is 0 Å². The molecule has 2 aliphatic carbocycles. The second kappa shape index (κ2) is 10.7. The first-order chi connectivity index (χ1) is 18.7. The van der Waals surface area contributed by atoms with Crippen molar-refractivity contribution in [3.05, 3.63) is 23.4 Å². The Balaban J connectivity index is 1.35. The van der Waals surface area contributed by atoms with E-state index in [0.717, 1.165) is 72.9 Å². The van der Waals surface area contributed by atoms with Crippen LogP contribution in [0, 0.1) is 5.41 Å². The van der Waals surface area contributed by atoms with Crippen molar-refractivity contribution in [3.63, 3.8) is 0 Å². The van der Waals surface area contributed by atoms with Gasteiger partial charge in [-0.1, -0.05) is 0 Å². The van der Waals surface area contributed by atoms with Crippen molar-refractivity contribution in [3.8, 4) is 0 Å². The fourth-order valence-corrected chi connectivity index (χ4v) is 8.41. The minimum atomic E-state index is -2.62. The molecule has 2 saturated heterocycles. The molecule has 212 valence electrons. The zero-order chi connectivity index (χ0) is 27.4. The number of rotatable bonds is 10. The maximum absolute atomic E-state index is 13.6. The molecular formula is C27H37F2N7OSSe. The molecule has 0 aromatic carbocycles. The molecular weight excluding hydrogens is 587 g/mol. The SMILES string of the molecule is C=N/N=C(\[Se]Cc1c(C2CC2)nn2c(N3CCC4(CC3)CO[C@H](C)[C@@H]4N)cc(SNC3(C)CC3)cc12)C(F)F. The zero-order valence-corrected chi connectivity index (χ0v) is 25.1.